The van der Waals surface area contributed by atoms with Gasteiger partial charge in [-0.25, -0.2) is 9.18 Å². The zero-order chi connectivity index (χ0) is 15.1. The largest absolute Gasteiger partial charge is 0.497 e. The van der Waals surface area contributed by atoms with Crippen molar-refractivity contribution < 1.29 is 18.7 Å². The van der Waals surface area contributed by atoms with Gasteiger partial charge in [-0.3, -0.25) is 0 Å². The van der Waals surface area contributed by atoms with Crippen molar-refractivity contribution in [3.8, 4) is 11.5 Å². The summed E-state index contributed by atoms with van der Waals surface area (Å²) in [6, 6.07) is 12.9. The minimum atomic E-state index is -0.560. The van der Waals surface area contributed by atoms with E-state index in [2.05, 4.69) is 5.32 Å². The lowest BCUT2D eigenvalue weighted by Crippen LogP contribution is -2.28. The van der Waals surface area contributed by atoms with Crippen LogP contribution in [-0.2, 0) is 6.42 Å². The fourth-order valence-corrected chi connectivity index (χ4v) is 1.75. The number of hydrogen-bond donors (Lipinski definition) is 1. The molecule has 2 rings (SSSR count). The number of ether oxygens (including phenoxy) is 2. The van der Waals surface area contributed by atoms with Gasteiger partial charge in [-0.1, -0.05) is 12.1 Å². The van der Waals surface area contributed by atoms with Gasteiger partial charge < -0.3 is 14.8 Å². The van der Waals surface area contributed by atoms with E-state index >= 15 is 0 Å². The second-order valence-electron chi connectivity index (χ2n) is 4.37. The van der Waals surface area contributed by atoms with Crippen molar-refractivity contribution in [2.24, 2.45) is 0 Å². The third kappa shape index (κ3) is 4.80. The Morgan fingerprint density at radius 2 is 1.67 bits per heavy atom. The van der Waals surface area contributed by atoms with Crippen LogP contribution in [0.5, 0.6) is 11.5 Å². The number of hydrogen-bond acceptors (Lipinski definition) is 3. The highest BCUT2D eigenvalue weighted by atomic mass is 19.1. The maximum atomic E-state index is 12.7. The summed E-state index contributed by atoms with van der Waals surface area (Å²) in [7, 11) is 1.61. The average molecular weight is 289 g/mol. The van der Waals surface area contributed by atoms with Crippen LogP contribution in [-0.4, -0.2) is 19.7 Å². The Labute approximate surface area is 122 Å². The van der Waals surface area contributed by atoms with Gasteiger partial charge in [0.25, 0.3) is 0 Å². The third-order valence-electron chi connectivity index (χ3n) is 2.87. The molecule has 0 aliphatic rings. The Morgan fingerprint density at radius 3 is 2.29 bits per heavy atom. The summed E-state index contributed by atoms with van der Waals surface area (Å²) < 4.78 is 22.8. The molecule has 5 heteroatoms. The van der Waals surface area contributed by atoms with Gasteiger partial charge in [0.05, 0.1) is 7.11 Å². The molecule has 0 heterocycles. The molecular weight excluding hydrogens is 273 g/mol. The summed E-state index contributed by atoms with van der Waals surface area (Å²) >= 11 is 0. The van der Waals surface area contributed by atoms with E-state index in [1.54, 1.807) is 7.11 Å². The Bertz CT molecular complexity index is 581. The van der Waals surface area contributed by atoms with Gasteiger partial charge in [-0.2, -0.15) is 0 Å². The molecule has 0 fully saturated rings. The van der Waals surface area contributed by atoms with Gasteiger partial charge in [0.15, 0.2) is 0 Å². The Hall–Kier alpha value is -2.56. The van der Waals surface area contributed by atoms with E-state index in [1.165, 1.54) is 24.3 Å². The maximum absolute atomic E-state index is 12.7. The van der Waals surface area contributed by atoms with Crippen molar-refractivity contribution in [1.82, 2.24) is 5.32 Å². The van der Waals surface area contributed by atoms with Gasteiger partial charge in [-0.05, 0) is 48.4 Å². The van der Waals surface area contributed by atoms with Crippen molar-refractivity contribution >= 4 is 6.09 Å². The Balaban J connectivity index is 1.74. The quantitative estimate of drug-likeness (QED) is 0.919. The molecule has 1 amide bonds. The topological polar surface area (TPSA) is 47.6 Å². The van der Waals surface area contributed by atoms with Crippen molar-refractivity contribution in [3.05, 3.63) is 59.9 Å². The second-order valence-corrected chi connectivity index (χ2v) is 4.37. The highest BCUT2D eigenvalue weighted by molar-refractivity contribution is 5.70. The number of methoxy groups -OCH3 is 1. The number of carbonyl (C=O) groups excluding carboxylic acids is 1. The number of nitrogens with one attached hydrogen (secondary N) is 1. The maximum Gasteiger partial charge on any atom is 0.412 e. The monoisotopic (exact) mass is 289 g/mol. The van der Waals surface area contributed by atoms with Crippen LogP contribution in [0.2, 0.25) is 0 Å². The van der Waals surface area contributed by atoms with E-state index in [1.807, 2.05) is 24.3 Å². The lowest BCUT2D eigenvalue weighted by atomic mass is 10.1. The number of carbonyl (C=O) groups is 1. The molecule has 0 atom stereocenters. The molecule has 0 aromatic heterocycles. The van der Waals surface area contributed by atoms with Gasteiger partial charge in [0.1, 0.15) is 17.3 Å². The number of benzene rings is 2. The number of rotatable bonds is 5. The first kappa shape index (κ1) is 14.8. The smallest absolute Gasteiger partial charge is 0.412 e. The van der Waals surface area contributed by atoms with Gasteiger partial charge in [-0.15, -0.1) is 0 Å². The lowest BCUT2D eigenvalue weighted by Gasteiger charge is -2.07. The van der Waals surface area contributed by atoms with Gasteiger partial charge in [0, 0.05) is 6.54 Å². The van der Waals surface area contributed by atoms with Crippen LogP contribution in [0.4, 0.5) is 9.18 Å². The predicted octanol–water partition coefficient (Wildman–Crippen LogP) is 3.17. The second kappa shape index (κ2) is 7.28. The highest BCUT2D eigenvalue weighted by Gasteiger charge is 2.04. The van der Waals surface area contributed by atoms with Crippen LogP contribution >= 0.6 is 0 Å². The van der Waals surface area contributed by atoms with E-state index in [0.29, 0.717) is 18.7 Å². The summed E-state index contributed by atoms with van der Waals surface area (Å²) in [4.78, 5) is 11.5. The van der Waals surface area contributed by atoms with E-state index in [0.717, 1.165) is 11.3 Å². The molecule has 0 aliphatic carbocycles. The molecule has 0 bridgehead atoms. The summed E-state index contributed by atoms with van der Waals surface area (Å²) in [6.07, 6.45) is 0.123. The Kier molecular flexibility index (Phi) is 5.15. The molecule has 2 aromatic carbocycles. The highest BCUT2D eigenvalue weighted by Crippen LogP contribution is 2.12. The van der Waals surface area contributed by atoms with Crippen molar-refractivity contribution in [1.29, 1.82) is 0 Å². The third-order valence-corrected chi connectivity index (χ3v) is 2.87. The van der Waals surface area contributed by atoms with Gasteiger partial charge >= 0.3 is 6.09 Å². The molecular formula is C16H16FNO3. The zero-order valence-electron chi connectivity index (χ0n) is 11.6. The van der Waals surface area contributed by atoms with Crippen LogP contribution in [0, 0.1) is 5.82 Å². The SMILES string of the molecule is COc1ccc(CCNC(=O)Oc2ccc(F)cc2)cc1. The van der Waals surface area contributed by atoms with E-state index < -0.39 is 6.09 Å². The molecule has 4 nitrogen and oxygen atoms in total. The van der Waals surface area contributed by atoms with Crippen LogP contribution in [0.1, 0.15) is 5.56 Å². The Morgan fingerprint density at radius 1 is 1.05 bits per heavy atom. The first-order valence-electron chi connectivity index (χ1n) is 6.51. The molecule has 21 heavy (non-hydrogen) atoms. The van der Waals surface area contributed by atoms with E-state index in [-0.39, 0.29) is 5.82 Å². The van der Waals surface area contributed by atoms with Crippen molar-refractivity contribution in [2.75, 3.05) is 13.7 Å². The molecule has 1 N–H and O–H groups in total. The molecule has 0 spiro atoms. The zero-order valence-corrected chi connectivity index (χ0v) is 11.6. The molecule has 2 aromatic rings. The summed E-state index contributed by atoms with van der Waals surface area (Å²) in [5, 5.41) is 2.64. The molecule has 0 radical (unpaired) electrons. The first-order chi connectivity index (χ1) is 10.2. The standard InChI is InChI=1S/C16H16FNO3/c1-20-14-6-2-12(3-7-14)10-11-18-16(19)21-15-8-4-13(17)5-9-15/h2-9H,10-11H2,1H3,(H,18,19). The number of amides is 1. The number of halogens is 1. The summed E-state index contributed by atoms with van der Waals surface area (Å²) in [5.74, 6) is 0.725. The van der Waals surface area contributed by atoms with Crippen molar-refractivity contribution in [2.45, 2.75) is 6.42 Å². The van der Waals surface area contributed by atoms with E-state index in [9.17, 15) is 9.18 Å². The summed E-state index contributed by atoms with van der Waals surface area (Å²) in [6.45, 7) is 0.451. The molecule has 0 saturated heterocycles. The average Bonchev–Trinajstić information content (AvgIpc) is 2.50. The van der Waals surface area contributed by atoms with Crippen LogP contribution < -0.4 is 14.8 Å². The lowest BCUT2D eigenvalue weighted by molar-refractivity contribution is 0.200. The van der Waals surface area contributed by atoms with Crippen LogP contribution in [0.15, 0.2) is 48.5 Å². The van der Waals surface area contributed by atoms with Crippen LogP contribution in [0.25, 0.3) is 0 Å². The minimum Gasteiger partial charge on any atom is -0.497 e. The minimum absolute atomic E-state index is 0.304. The molecule has 110 valence electrons. The first-order valence-corrected chi connectivity index (χ1v) is 6.51. The van der Waals surface area contributed by atoms with E-state index in [4.69, 9.17) is 9.47 Å². The predicted molar refractivity (Wildman–Crippen MR) is 77.1 cm³/mol. The molecule has 0 aliphatic heterocycles. The fraction of sp³-hybridized carbons (Fsp3) is 0.188. The van der Waals surface area contributed by atoms with Crippen LogP contribution in [0.3, 0.4) is 0 Å². The normalized spacial score (nSPS) is 10.0. The molecule has 0 unspecified atom stereocenters. The molecule has 0 saturated carbocycles. The summed E-state index contributed by atoms with van der Waals surface area (Å²) in [5.41, 5.74) is 1.08. The fourth-order valence-electron chi connectivity index (χ4n) is 1.75. The van der Waals surface area contributed by atoms with Crippen molar-refractivity contribution in [3.63, 3.8) is 0 Å². The van der Waals surface area contributed by atoms with Gasteiger partial charge in [0.2, 0.25) is 0 Å².